The van der Waals surface area contributed by atoms with Gasteiger partial charge < -0.3 is 2.85 Å². The summed E-state index contributed by atoms with van der Waals surface area (Å²) in [5, 5.41) is 0. The maximum absolute atomic E-state index is 0. The van der Waals surface area contributed by atoms with Crippen molar-refractivity contribution in [2.75, 3.05) is 0 Å². The Labute approximate surface area is 153 Å². The Bertz CT molecular complexity index is 17.7. The van der Waals surface area contributed by atoms with Gasteiger partial charge in [0.15, 0.2) is 0 Å². The van der Waals surface area contributed by atoms with Crippen LogP contribution in [-0.2, 0) is 26.2 Å². The first-order valence-electron chi connectivity index (χ1n) is 0. The third-order valence-electron chi connectivity index (χ3n) is 0. The van der Waals surface area contributed by atoms with Crippen LogP contribution in [-0.4, -0.2) is 37.7 Å². The van der Waals surface area contributed by atoms with E-state index in [1.807, 2.05) is 0 Å². The van der Waals surface area contributed by atoms with Crippen LogP contribution < -0.4 is 0 Å². The summed E-state index contributed by atoms with van der Waals surface area (Å²) in [6.07, 6.45) is 0. The van der Waals surface area contributed by atoms with E-state index in [1.165, 1.54) is 0 Å². The Kier molecular flexibility index (Phi) is 148. The molecule has 0 heterocycles. The van der Waals surface area contributed by atoms with Crippen molar-refractivity contribution >= 4 is 51.2 Å². The molecule has 23 valence electrons. The standard InChI is InChI=1S/Ca.Ce.La.H2S.Zr.2H/h;;;1H2;;;/q+2;;;;;2*-1. The van der Waals surface area contributed by atoms with Crippen molar-refractivity contribution in [1.29, 1.82) is 0 Å². The second kappa shape index (κ2) is 23.0. The van der Waals surface area contributed by atoms with E-state index in [-0.39, 0.29) is 158 Å². The summed E-state index contributed by atoms with van der Waals surface area (Å²) in [5.74, 6) is 0. The van der Waals surface area contributed by atoms with Gasteiger partial charge in [0.2, 0.25) is 0 Å². The van der Waals surface area contributed by atoms with E-state index >= 15 is 0 Å². The minimum atomic E-state index is 0. The average Bonchev–Trinajstić information content (AvgIpc) is 0. The van der Waals surface area contributed by atoms with E-state index in [0.717, 1.165) is 0 Å². The van der Waals surface area contributed by atoms with Crippen molar-refractivity contribution in [2.24, 2.45) is 0 Å². The molecule has 0 aliphatic heterocycles. The molecule has 0 spiro atoms. The van der Waals surface area contributed by atoms with Crippen LogP contribution >= 0.6 is 13.5 Å². The SMILES string of the molecule is S.[Ca+2].[Ce].[H-].[H-].[La].[Zr]. The molecule has 0 aliphatic carbocycles. The van der Waals surface area contributed by atoms with Crippen LogP contribution in [0.1, 0.15) is 2.85 Å². The summed E-state index contributed by atoms with van der Waals surface area (Å²) in [7, 11) is 0. The zero-order valence-electron chi connectivity index (χ0n) is 4.78. The zero-order chi connectivity index (χ0) is 0. The van der Waals surface area contributed by atoms with Crippen LogP contribution in [0.4, 0.5) is 0 Å². The molecule has 0 saturated carbocycles. The molecular weight excluding hydrogens is 442 g/mol. The first-order valence-corrected chi connectivity index (χ1v) is 0. The van der Waals surface area contributed by atoms with E-state index in [1.54, 1.807) is 0 Å². The number of rotatable bonds is 0. The second-order valence-corrected chi connectivity index (χ2v) is 0. The normalized spacial score (nSPS) is 0. The van der Waals surface area contributed by atoms with Crippen LogP contribution in [0.2, 0.25) is 0 Å². The van der Waals surface area contributed by atoms with Gasteiger partial charge in [0, 0.05) is 104 Å². The molecule has 0 rings (SSSR count). The Morgan fingerprint density at radius 3 is 1.20 bits per heavy atom. The fourth-order valence-electron chi connectivity index (χ4n) is 0. The van der Waals surface area contributed by atoms with Crippen LogP contribution in [0, 0.1) is 77.3 Å². The van der Waals surface area contributed by atoms with Crippen molar-refractivity contribution < 1.29 is 106 Å². The number of hydrogen-bond acceptors (Lipinski definition) is 0. The largest absolute Gasteiger partial charge is 2.00 e. The molecule has 0 fully saturated rings. The molecule has 0 aromatic carbocycles. The van der Waals surface area contributed by atoms with Crippen LogP contribution in [0.3, 0.4) is 0 Å². The molecule has 0 aromatic heterocycles. The van der Waals surface area contributed by atoms with E-state index in [4.69, 9.17) is 0 Å². The van der Waals surface area contributed by atoms with E-state index in [9.17, 15) is 0 Å². The Balaban J connectivity index is 0. The van der Waals surface area contributed by atoms with Crippen molar-refractivity contribution in [2.45, 2.75) is 0 Å². The van der Waals surface area contributed by atoms with Crippen molar-refractivity contribution in [3.8, 4) is 0 Å². The summed E-state index contributed by atoms with van der Waals surface area (Å²) in [6.45, 7) is 0. The van der Waals surface area contributed by atoms with Crippen molar-refractivity contribution in [3.05, 3.63) is 0 Å². The molecule has 0 atom stereocenters. The van der Waals surface area contributed by atoms with E-state index in [2.05, 4.69) is 0 Å². The Morgan fingerprint density at radius 1 is 1.20 bits per heavy atom. The van der Waals surface area contributed by atoms with Crippen molar-refractivity contribution in [3.63, 3.8) is 0 Å². The predicted molar refractivity (Wildman–Crippen MR) is 18.4 cm³/mol. The quantitative estimate of drug-likeness (QED) is 0.458. The Morgan fingerprint density at radius 2 is 1.20 bits per heavy atom. The maximum Gasteiger partial charge on any atom is 2.00 e. The summed E-state index contributed by atoms with van der Waals surface area (Å²) >= 11 is 0. The van der Waals surface area contributed by atoms with Gasteiger partial charge in [-0.25, -0.2) is 0 Å². The molecule has 0 aromatic rings. The number of hydrogen-bond donors (Lipinski definition) is 0. The molecule has 0 bridgehead atoms. The molecule has 0 saturated heterocycles. The van der Waals surface area contributed by atoms with Crippen molar-refractivity contribution in [1.82, 2.24) is 0 Å². The summed E-state index contributed by atoms with van der Waals surface area (Å²) in [4.78, 5) is 0. The molecule has 5 heteroatoms. The van der Waals surface area contributed by atoms with Gasteiger partial charge in [-0.05, 0) is 0 Å². The minimum absolute atomic E-state index is 0. The second-order valence-electron chi connectivity index (χ2n) is 0. The topological polar surface area (TPSA) is 0 Å². The average molecular weight is 446 g/mol. The zero-order valence-corrected chi connectivity index (χ0v) is 15.2. The molecule has 0 unspecified atom stereocenters. The molecule has 1 radical (unpaired) electrons. The van der Waals surface area contributed by atoms with Gasteiger partial charge in [-0.1, -0.05) is 0 Å². The van der Waals surface area contributed by atoms with Gasteiger partial charge in [-0.15, -0.1) is 0 Å². The van der Waals surface area contributed by atoms with Gasteiger partial charge in [-0.3, -0.25) is 0 Å². The van der Waals surface area contributed by atoms with Gasteiger partial charge in [0.05, 0.1) is 0 Å². The first kappa shape index (κ1) is 32.2. The molecule has 5 heavy (non-hydrogen) atoms. The fourth-order valence-corrected chi connectivity index (χ4v) is 0. The monoisotopic (exact) mass is 445 g/mol. The molecular formula is H4CaCeLaSZr. The third kappa shape index (κ3) is 17.6. The summed E-state index contributed by atoms with van der Waals surface area (Å²) < 4.78 is 0. The smallest absolute Gasteiger partial charge is 1.00 e. The van der Waals surface area contributed by atoms with Crippen LogP contribution in [0.25, 0.3) is 0 Å². The molecule has 0 N–H and O–H groups in total. The van der Waals surface area contributed by atoms with Crippen LogP contribution in [0.5, 0.6) is 0 Å². The Hall–Kier alpha value is 5.06. The third-order valence-corrected chi connectivity index (χ3v) is 0. The van der Waals surface area contributed by atoms with Gasteiger partial charge >= 0.3 is 37.7 Å². The van der Waals surface area contributed by atoms with Crippen LogP contribution in [0.15, 0.2) is 0 Å². The van der Waals surface area contributed by atoms with Gasteiger partial charge in [-0.2, -0.15) is 13.5 Å². The molecule has 0 aliphatic rings. The summed E-state index contributed by atoms with van der Waals surface area (Å²) in [6, 6.07) is 0. The molecule has 0 nitrogen and oxygen atoms in total. The summed E-state index contributed by atoms with van der Waals surface area (Å²) in [5.41, 5.74) is 0. The fraction of sp³-hybridized carbons (Fsp3) is 0. The van der Waals surface area contributed by atoms with Gasteiger partial charge in [0.25, 0.3) is 0 Å². The predicted octanol–water partition coefficient (Wildman–Crippen LogP) is -0.0455. The van der Waals surface area contributed by atoms with E-state index < -0.39 is 0 Å². The first-order chi connectivity index (χ1) is 0. The van der Waals surface area contributed by atoms with E-state index in [0.29, 0.717) is 0 Å². The minimum Gasteiger partial charge on any atom is -1.00 e. The maximum atomic E-state index is 0. The van der Waals surface area contributed by atoms with Gasteiger partial charge in [0.1, 0.15) is 0 Å². The molecule has 0 amide bonds.